The topological polar surface area (TPSA) is 68.8 Å². The third kappa shape index (κ3) is 4.76. The fourth-order valence-corrected chi connectivity index (χ4v) is 1.62. The molecule has 1 aromatic carbocycles. The molecule has 1 unspecified atom stereocenters. The second kappa shape index (κ2) is 7.60. The Bertz CT molecular complexity index is 390. The predicted molar refractivity (Wildman–Crippen MR) is 72.4 cm³/mol. The van der Waals surface area contributed by atoms with Crippen LogP contribution in [0.2, 0.25) is 0 Å². The molecular weight excluding hydrogens is 248 g/mol. The van der Waals surface area contributed by atoms with Gasteiger partial charge in [-0.05, 0) is 31.2 Å². The lowest BCUT2D eigenvalue weighted by molar-refractivity contribution is -0.117. The first kappa shape index (κ1) is 15.3. The molecule has 0 fully saturated rings. The van der Waals surface area contributed by atoms with Gasteiger partial charge in [0.25, 0.3) is 0 Å². The Morgan fingerprint density at radius 2 is 1.68 bits per heavy atom. The van der Waals surface area contributed by atoms with Gasteiger partial charge in [-0.15, -0.1) is 0 Å². The van der Waals surface area contributed by atoms with Crippen molar-refractivity contribution < 1.29 is 19.0 Å². The van der Waals surface area contributed by atoms with Crippen LogP contribution in [-0.4, -0.2) is 39.7 Å². The lowest BCUT2D eigenvalue weighted by atomic mass is 10.3. The zero-order chi connectivity index (χ0) is 14.3. The van der Waals surface area contributed by atoms with Crippen LogP contribution >= 0.6 is 0 Å². The smallest absolute Gasteiger partial charge is 0.319 e. The number of carbonyl (C=O) groups excluding carboxylic acids is 1. The molecule has 6 nitrogen and oxygen atoms in total. The summed E-state index contributed by atoms with van der Waals surface area (Å²) in [7, 11) is 4.63. The molecule has 1 rings (SSSR count). The molecule has 1 atom stereocenters. The lowest BCUT2D eigenvalue weighted by Gasteiger charge is -2.22. The minimum Gasteiger partial charge on any atom is -0.497 e. The quantitative estimate of drug-likeness (QED) is 0.772. The summed E-state index contributed by atoms with van der Waals surface area (Å²) in [5.74, 6) is 0.734. The van der Waals surface area contributed by atoms with E-state index in [2.05, 4.69) is 10.6 Å². The van der Waals surface area contributed by atoms with E-state index >= 15 is 0 Å². The summed E-state index contributed by atoms with van der Waals surface area (Å²) in [6, 6.07) is 6.46. The zero-order valence-corrected chi connectivity index (χ0v) is 11.6. The van der Waals surface area contributed by atoms with E-state index in [1.807, 2.05) is 0 Å². The first-order valence-electron chi connectivity index (χ1n) is 5.88. The van der Waals surface area contributed by atoms with E-state index in [0.717, 1.165) is 5.75 Å². The maximum absolute atomic E-state index is 11.7. The fraction of sp³-hybridized carbons (Fsp3) is 0.462. The summed E-state index contributed by atoms with van der Waals surface area (Å²) >= 11 is 0. The Morgan fingerprint density at radius 3 is 2.16 bits per heavy atom. The SMILES string of the molecule is COc1ccc(NC(=O)NC(C)C(OC)OC)cc1. The van der Waals surface area contributed by atoms with Crippen LogP contribution in [0, 0.1) is 0 Å². The molecule has 0 heterocycles. The van der Waals surface area contributed by atoms with Gasteiger partial charge in [0.1, 0.15) is 5.75 Å². The fourth-order valence-electron chi connectivity index (χ4n) is 1.62. The monoisotopic (exact) mass is 268 g/mol. The maximum atomic E-state index is 11.7. The van der Waals surface area contributed by atoms with Crippen LogP contribution in [0.1, 0.15) is 6.92 Å². The van der Waals surface area contributed by atoms with E-state index in [1.165, 1.54) is 14.2 Å². The van der Waals surface area contributed by atoms with Crippen molar-refractivity contribution in [3.05, 3.63) is 24.3 Å². The predicted octanol–water partition coefficient (Wildman–Crippen LogP) is 1.82. The van der Waals surface area contributed by atoms with Crippen molar-refractivity contribution in [2.75, 3.05) is 26.6 Å². The summed E-state index contributed by atoms with van der Waals surface area (Å²) < 4.78 is 15.2. The van der Waals surface area contributed by atoms with Crippen LogP contribution in [0.5, 0.6) is 5.75 Å². The highest BCUT2D eigenvalue weighted by Gasteiger charge is 2.17. The Kier molecular flexibility index (Phi) is 6.11. The van der Waals surface area contributed by atoms with E-state index in [0.29, 0.717) is 5.69 Å². The Labute approximate surface area is 113 Å². The van der Waals surface area contributed by atoms with Gasteiger partial charge in [0, 0.05) is 19.9 Å². The summed E-state index contributed by atoms with van der Waals surface area (Å²) in [5.41, 5.74) is 0.678. The number of rotatable bonds is 6. The van der Waals surface area contributed by atoms with Gasteiger partial charge < -0.3 is 24.8 Å². The van der Waals surface area contributed by atoms with E-state index in [9.17, 15) is 4.79 Å². The van der Waals surface area contributed by atoms with Crippen LogP contribution < -0.4 is 15.4 Å². The largest absolute Gasteiger partial charge is 0.497 e. The molecule has 0 aliphatic carbocycles. The number of amides is 2. The molecule has 0 radical (unpaired) electrons. The summed E-state index contributed by atoms with van der Waals surface area (Å²) in [6.45, 7) is 1.80. The number of benzene rings is 1. The molecule has 2 amide bonds. The Balaban J connectivity index is 2.50. The number of anilines is 1. The minimum absolute atomic E-state index is 0.270. The molecule has 19 heavy (non-hydrogen) atoms. The highest BCUT2D eigenvalue weighted by Crippen LogP contribution is 2.14. The van der Waals surface area contributed by atoms with Gasteiger partial charge in [-0.1, -0.05) is 0 Å². The van der Waals surface area contributed by atoms with Crippen molar-refractivity contribution in [1.29, 1.82) is 0 Å². The normalized spacial score (nSPS) is 12.1. The molecule has 0 saturated carbocycles. The number of ether oxygens (including phenoxy) is 3. The summed E-state index contributed by atoms with van der Waals surface area (Å²) in [4.78, 5) is 11.7. The molecule has 0 aliphatic rings. The zero-order valence-electron chi connectivity index (χ0n) is 11.6. The van der Waals surface area contributed by atoms with Crippen molar-refractivity contribution in [2.45, 2.75) is 19.3 Å². The van der Waals surface area contributed by atoms with Crippen molar-refractivity contribution in [1.82, 2.24) is 5.32 Å². The Hall–Kier alpha value is -1.79. The molecule has 0 aromatic heterocycles. The van der Waals surface area contributed by atoms with Gasteiger partial charge in [-0.3, -0.25) is 0 Å². The molecule has 0 bridgehead atoms. The molecule has 0 spiro atoms. The van der Waals surface area contributed by atoms with Gasteiger partial charge >= 0.3 is 6.03 Å². The van der Waals surface area contributed by atoms with Gasteiger partial charge in [0.05, 0.1) is 13.2 Å². The lowest BCUT2D eigenvalue weighted by Crippen LogP contribution is -2.44. The van der Waals surface area contributed by atoms with Crippen molar-refractivity contribution in [2.24, 2.45) is 0 Å². The molecule has 106 valence electrons. The summed E-state index contributed by atoms with van der Waals surface area (Å²) in [6.07, 6.45) is -0.485. The first-order valence-corrected chi connectivity index (χ1v) is 5.88. The van der Waals surface area contributed by atoms with E-state index in [-0.39, 0.29) is 12.1 Å². The highest BCUT2D eigenvalue weighted by atomic mass is 16.7. The number of carbonyl (C=O) groups is 1. The van der Waals surface area contributed by atoms with Crippen LogP contribution in [-0.2, 0) is 9.47 Å². The molecule has 0 aliphatic heterocycles. The molecule has 1 aromatic rings. The first-order chi connectivity index (χ1) is 9.10. The van der Waals surface area contributed by atoms with Crippen LogP contribution in [0.15, 0.2) is 24.3 Å². The van der Waals surface area contributed by atoms with E-state index in [1.54, 1.807) is 38.3 Å². The number of urea groups is 1. The molecule has 2 N–H and O–H groups in total. The third-order valence-corrected chi connectivity index (χ3v) is 2.58. The molecule has 6 heteroatoms. The average Bonchev–Trinajstić information content (AvgIpc) is 2.40. The van der Waals surface area contributed by atoms with Gasteiger partial charge in [0.15, 0.2) is 6.29 Å². The number of hydrogen-bond donors (Lipinski definition) is 2. The number of hydrogen-bond acceptors (Lipinski definition) is 4. The Morgan fingerprint density at radius 1 is 1.11 bits per heavy atom. The van der Waals surface area contributed by atoms with Gasteiger partial charge in [0.2, 0.25) is 0 Å². The summed E-state index contributed by atoms with van der Waals surface area (Å²) in [5, 5.41) is 5.44. The van der Waals surface area contributed by atoms with Crippen molar-refractivity contribution >= 4 is 11.7 Å². The second-order valence-corrected chi connectivity index (χ2v) is 3.96. The second-order valence-electron chi connectivity index (χ2n) is 3.96. The number of methoxy groups -OCH3 is 3. The molecular formula is C13H20N2O4. The van der Waals surface area contributed by atoms with Crippen LogP contribution in [0.25, 0.3) is 0 Å². The van der Waals surface area contributed by atoms with Crippen molar-refractivity contribution in [3.63, 3.8) is 0 Å². The number of nitrogens with one attached hydrogen (secondary N) is 2. The van der Waals surface area contributed by atoms with E-state index in [4.69, 9.17) is 14.2 Å². The van der Waals surface area contributed by atoms with Gasteiger partial charge in [-0.2, -0.15) is 0 Å². The standard InChI is InChI=1S/C13H20N2O4/c1-9(12(18-3)19-4)14-13(16)15-10-5-7-11(17-2)8-6-10/h5-9,12H,1-4H3,(H2,14,15,16). The highest BCUT2D eigenvalue weighted by molar-refractivity contribution is 5.89. The molecule has 0 saturated heterocycles. The van der Waals surface area contributed by atoms with Gasteiger partial charge in [-0.25, -0.2) is 4.79 Å². The van der Waals surface area contributed by atoms with Crippen molar-refractivity contribution in [3.8, 4) is 5.75 Å². The van der Waals surface area contributed by atoms with Crippen LogP contribution in [0.4, 0.5) is 10.5 Å². The minimum atomic E-state index is -0.485. The third-order valence-electron chi connectivity index (χ3n) is 2.58. The van der Waals surface area contributed by atoms with Crippen LogP contribution in [0.3, 0.4) is 0 Å². The maximum Gasteiger partial charge on any atom is 0.319 e. The van der Waals surface area contributed by atoms with E-state index < -0.39 is 6.29 Å². The average molecular weight is 268 g/mol.